The highest BCUT2D eigenvalue weighted by atomic mass is 79.9. The monoisotopic (exact) mass is 569 g/mol. The number of hydrogen-bond acceptors (Lipinski definition) is 5. The molecule has 178 valence electrons. The van der Waals surface area contributed by atoms with E-state index in [9.17, 15) is 9.59 Å². The quantitative estimate of drug-likeness (QED) is 0.206. The Balaban J connectivity index is 1.63. The lowest BCUT2D eigenvalue weighted by Crippen LogP contribution is -2.27. The van der Waals surface area contributed by atoms with E-state index >= 15 is 0 Å². The molecule has 0 saturated carbocycles. The van der Waals surface area contributed by atoms with Crippen LogP contribution in [0.25, 0.3) is 6.08 Å². The number of hydrogen-bond donors (Lipinski definition) is 0. The van der Waals surface area contributed by atoms with E-state index in [0.29, 0.717) is 40.1 Å². The molecular formula is C27H21BrClNO4S. The number of amides is 2. The molecule has 0 unspecified atom stereocenters. The predicted molar refractivity (Wildman–Crippen MR) is 145 cm³/mol. The van der Waals surface area contributed by atoms with E-state index in [4.69, 9.17) is 21.1 Å². The molecule has 0 aromatic heterocycles. The Kier molecular flexibility index (Phi) is 8.00. The molecule has 35 heavy (non-hydrogen) atoms. The SMILES string of the molecule is C=CCc1cc(/C=C2/SC(=O)N(c3ccc(Cl)cc3)C2=O)cc(OC)c1OCc1ccc(Br)cc1. The van der Waals surface area contributed by atoms with Crippen LogP contribution in [0.1, 0.15) is 16.7 Å². The molecule has 4 rings (SSSR count). The Morgan fingerprint density at radius 2 is 1.80 bits per heavy atom. The van der Waals surface area contributed by atoms with E-state index in [2.05, 4.69) is 22.5 Å². The second kappa shape index (κ2) is 11.2. The van der Waals surface area contributed by atoms with Gasteiger partial charge in [-0.25, -0.2) is 4.90 Å². The van der Waals surface area contributed by atoms with Crippen molar-refractivity contribution in [1.82, 2.24) is 0 Å². The summed E-state index contributed by atoms with van der Waals surface area (Å²) in [6.07, 6.45) is 4.01. The van der Waals surface area contributed by atoms with Gasteiger partial charge in [0, 0.05) is 15.1 Å². The number of halogens is 2. The summed E-state index contributed by atoms with van der Waals surface area (Å²) in [7, 11) is 1.57. The van der Waals surface area contributed by atoms with E-state index in [1.807, 2.05) is 30.3 Å². The third kappa shape index (κ3) is 5.81. The number of ether oxygens (including phenoxy) is 2. The summed E-state index contributed by atoms with van der Waals surface area (Å²) in [5, 5.41) is 0.164. The average molecular weight is 571 g/mol. The highest BCUT2D eigenvalue weighted by molar-refractivity contribution is 9.10. The second-order valence-corrected chi connectivity index (χ2v) is 9.96. The fourth-order valence-electron chi connectivity index (χ4n) is 3.56. The standard InChI is InChI=1S/C27H21BrClNO4S/c1-3-4-19-13-18(14-23(33-2)25(19)34-16-17-5-7-20(28)8-6-17)15-24-26(31)30(27(32)35-24)22-11-9-21(29)10-12-22/h3,5-15H,1,4,16H2,2H3/b24-15+. The van der Waals surface area contributed by atoms with Crippen LogP contribution >= 0.6 is 39.3 Å². The Bertz CT molecular complexity index is 1310. The number of allylic oxidation sites excluding steroid dienone is 1. The van der Waals surface area contributed by atoms with Gasteiger partial charge in [-0.2, -0.15) is 0 Å². The molecular weight excluding hydrogens is 550 g/mol. The molecule has 0 spiro atoms. The van der Waals surface area contributed by atoms with Crippen molar-refractivity contribution < 1.29 is 19.1 Å². The first-order valence-electron chi connectivity index (χ1n) is 10.6. The number of methoxy groups -OCH3 is 1. The summed E-state index contributed by atoms with van der Waals surface area (Å²) in [4.78, 5) is 27.1. The number of imide groups is 1. The van der Waals surface area contributed by atoms with Crippen LogP contribution < -0.4 is 14.4 Å². The lowest BCUT2D eigenvalue weighted by Gasteiger charge is -2.16. The molecule has 2 amide bonds. The van der Waals surface area contributed by atoms with Gasteiger partial charge in [-0.15, -0.1) is 6.58 Å². The molecule has 0 radical (unpaired) electrons. The molecule has 3 aromatic rings. The number of rotatable bonds is 8. The first kappa shape index (κ1) is 25.1. The van der Waals surface area contributed by atoms with E-state index < -0.39 is 0 Å². The summed E-state index contributed by atoms with van der Waals surface area (Å²) < 4.78 is 12.7. The van der Waals surface area contributed by atoms with Gasteiger partial charge < -0.3 is 9.47 Å². The number of thioether (sulfide) groups is 1. The van der Waals surface area contributed by atoms with Gasteiger partial charge in [0.2, 0.25) is 0 Å². The molecule has 0 bridgehead atoms. The van der Waals surface area contributed by atoms with Crippen molar-refractivity contribution in [2.75, 3.05) is 12.0 Å². The van der Waals surface area contributed by atoms with E-state index in [1.165, 1.54) is 0 Å². The lowest BCUT2D eigenvalue weighted by atomic mass is 10.0. The summed E-state index contributed by atoms with van der Waals surface area (Å²) in [6, 6.07) is 18.2. The molecule has 3 aromatic carbocycles. The molecule has 1 saturated heterocycles. The molecule has 8 heteroatoms. The third-order valence-electron chi connectivity index (χ3n) is 5.21. The van der Waals surface area contributed by atoms with Gasteiger partial charge in [-0.1, -0.05) is 45.7 Å². The molecule has 1 aliphatic heterocycles. The number of carbonyl (C=O) groups is 2. The largest absolute Gasteiger partial charge is 0.493 e. The van der Waals surface area contributed by atoms with Gasteiger partial charge in [0.05, 0.1) is 17.7 Å². The summed E-state index contributed by atoms with van der Waals surface area (Å²) >= 11 is 10.3. The smallest absolute Gasteiger partial charge is 0.298 e. The van der Waals surface area contributed by atoms with Crippen molar-refractivity contribution in [3.63, 3.8) is 0 Å². The van der Waals surface area contributed by atoms with Gasteiger partial charge in [0.1, 0.15) is 6.61 Å². The van der Waals surface area contributed by atoms with Crippen LogP contribution in [0.2, 0.25) is 5.02 Å². The zero-order valence-electron chi connectivity index (χ0n) is 18.8. The van der Waals surface area contributed by atoms with Crippen LogP contribution in [0.15, 0.2) is 82.7 Å². The summed E-state index contributed by atoms with van der Waals surface area (Å²) in [5.74, 6) is 0.758. The van der Waals surface area contributed by atoms with Gasteiger partial charge in [-0.3, -0.25) is 9.59 Å². The van der Waals surface area contributed by atoms with Gasteiger partial charge >= 0.3 is 0 Å². The fraction of sp³-hybridized carbons (Fsp3) is 0.111. The van der Waals surface area contributed by atoms with Gasteiger partial charge in [0.25, 0.3) is 11.1 Å². The highest BCUT2D eigenvalue weighted by Gasteiger charge is 2.36. The minimum absolute atomic E-state index is 0.320. The van der Waals surface area contributed by atoms with E-state index in [1.54, 1.807) is 49.6 Å². The van der Waals surface area contributed by atoms with Crippen LogP contribution in [0, 0.1) is 0 Å². The Morgan fingerprint density at radius 1 is 1.09 bits per heavy atom. The first-order chi connectivity index (χ1) is 16.9. The minimum atomic E-state index is -0.387. The van der Waals surface area contributed by atoms with E-state index in [-0.39, 0.29) is 11.1 Å². The van der Waals surface area contributed by atoms with Crippen LogP contribution in [0.5, 0.6) is 11.5 Å². The van der Waals surface area contributed by atoms with Crippen molar-refractivity contribution in [2.24, 2.45) is 0 Å². The Hall–Kier alpha value is -3.00. The van der Waals surface area contributed by atoms with Crippen LogP contribution in [-0.4, -0.2) is 18.3 Å². The maximum Gasteiger partial charge on any atom is 0.298 e. The van der Waals surface area contributed by atoms with Crippen LogP contribution in [0.3, 0.4) is 0 Å². The van der Waals surface area contributed by atoms with Crippen LogP contribution in [0.4, 0.5) is 10.5 Å². The average Bonchev–Trinajstić information content (AvgIpc) is 3.12. The van der Waals surface area contributed by atoms with Gasteiger partial charge in [-0.05, 0) is 83.9 Å². The minimum Gasteiger partial charge on any atom is -0.493 e. The number of nitrogens with zero attached hydrogens (tertiary/aromatic N) is 1. The maximum absolute atomic E-state index is 13.0. The third-order valence-corrected chi connectivity index (χ3v) is 6.86. The zero-order valence-corrected chi connectivity index (χ0v) is 22.0. The van der Waals surface area contributed by atoms with Crippen molar-refractivity contribution in [1.29, 1.82) is 0 Å². The van der Waals surface area contributed by atoms with Gasteiger partial charge in [0.15, 0.2) is 11.5 Å². The highest BCUT2D eigenvalue weighted by Crippen LogP contribution is 2.39. The normalized spacial score (nSPS) is 14.5. The molecule has 1 aliphatic rings. The van der Waals surface area contributed by atoms with Crippen molar-refractivity contribution in [2.45, 2.75) is 13.0 Å². The fourth-order valence-corrected chi connectivity index (χ4v) is 4.79. The lowest BCUT2D eigenvalue weighted by molar-refractivity contribution is -0.113. The topological polar surface area (TPSA) is 55.8 Å². The maximum atomic E-state index is 13.0. The first-order valence-corrected chi connectivity index (χ1v) is 12.6. The Labute approximate surface area is 221 Å². The molecule has 0 atom stereocenters. The number of benzene rings is 3. The zero-order chi connectivity index (χ0) is 24.9. The van der Waals surface area contributed by atoms with E-state index in [0.717, 1.165) is 37.8 Å². The van der Waals surface area contributed by atoms with Crippen LogP contribution in [-0.2, 0) is 17.8 Å². The molecule has 5 nitrogen and oxygen atoms in total. The molecule has 1 heterocycles. The summed E-state index contributed by atoms with van der Waals surface area (Å²) in [6.45, 7) is 4.22. The van der Waals surface area contributed by atoms with Crippen molar-refractivity contribution in [3.8, 4) is 11.5 Å². The molecule has 0 aliphatic carbocycles. The second-order valence-electron chi connectivity index (χ2n) is 7.61. The van der Waals surface area contributed by atoms with Crippen molar-refractivity contribution >= 4 is 62.2 Å². The Morgan fingerprint density at radius 3 is 2.46 bits per heavy atom. The molecule has 0 N–H and O–H groups in total. The number of carbonyl (C=O) groups excluding carboxylic acids is 2. The predicted octanol–water partition coefficient (Wildman–Crippen LogP) is 7.66. The van der Waals surface area contributed by atoms with Crippen molar-refractivity contribution in [3.05, 3.63) is 104 Å². The number of anilines is 1. The molecule has 1 fully saturated rings. The summed E-state index contributed by atoms with van der Waals surface area (Å²) in [5.41, 5.74) is 3.07.